The monoisotopic (exact) mass is 281 g/mol. The van der Waals surface area contributed by atoms with Gasteiger partial charge in [0.05, 0.1) is 19.8 Å². The summed E-state index contributed by atoms with van der Waals surface area (Å²) in [4.78, 5) is 13.8. The minimum Gasteiger partial charge on any atom is -0.497 e. The largest absolute Gasteiger partial charge is 0.497 e. The van der Waals surface area contributed by atoms with Gasteiger partial charge in [-0.3, -0.25) is 4.79 Å². The number of oxime groups is 1. The number of benzene rings is 1. The summed E-state index contributed by atoms with van der Waals surface area (Å²) >= 11 is 0. The molecule has 0 aliphatic carbocycles. The fourth-order valence-electron chi connectivity index (χ4n) is 1.62. The maximum atomic E-state index is 12.3. The number of carbonyl (C=O) groups excluding carboxylic acids is 1. The second kappa shape index (κ2) is 7.22. The summed E-state index contributed by atoms with van der Waals surface area (Å²) in [6.07, 6.45) is 0.283. The highest BCUT2D eigenvalue weighted by Gasteiger charge is 2.17. The van der Waals surface area contributed by atoms with Crippen LogP contribution in [0.3, 0.4) is 0 Å². The Morgan fingerprint density at radius 2 is 2.10 bits per heavy atom. The lowest BCUT2D eigenvalue weighted by Gasteiger charge is -2.18. The minimum absolute atomic E-state index is 0.0715. The SMILES string of the molecule is COc1ccc(OC)c(C(=O)N(C)CCC(N)=NO)c1. The van der Waals surface area contributed by atoms with E-state index in [0.717, 1.165) is 0 Å². The molecule has 0 aliphatic heterocycles. The van der Waals surface area contributed by atoms with Crippen molar-refractivity contribution in [2.45, 2.75) is 6.42 Å². The summed E-state index contributed by atoms with van der Waals surface area (Å²) in [5.74, 6) is 0.874. The van der Waals surface area contributed by atoms with E-state index in [0.29, 0.717) is 23.6 Å². The van der Waals surface area contributed by atoms with Crippen LogP contribution in [0.4, 0.5) is 0 Å². The molecule has 3 N–H and O–H groups in total. The van der Waals surface area contributed by atoms with Crippen LogP contribution in [0.5, 0.6) is 11.5 Å². The van der Waals surface area contributed by atoms with Crippen molar-refractivity contribution < 1.29 is 19.5 Å². The first kappa shape index (κ1) is 15.6. The summed E-state index contributed by atoms with van der Waals surface area (Å²) in [5, 5.41) is 11.3. The molecule has 20 heavy (non-hydrogen) atoms. The fraction of sp³-hybridized carbons (Fsp3) is 0.385. The summed E-state index contributed by atoms with van der Waals surface area (Å²) in [6, 6.07) is 5.00. The third-order valence-corrected chi connectivity index (χ3v) is 2.82. The molecule has 110 valence electrons. The minimum atomic E-state index is -0.230. The molecule has 7 heteroatoms. The van der Waals surface area contributed by atoms with E-state index in [1.54, 1.807) is 25.2 Å². The van der Waals surface area contributed by atoms with Gasteiger partial charge in [-0.2, -0.15) is 0 Å². The predicted molar refractivity (Wildman–Crippen MR) is 74.5 cm³/mol. The second-order valence-electron chi connectivity index (χ2n) is 4.13. The number of nitrogens with two attached hydrogens (primary N) is 1. The van der Waals surface area contributed by atoms with E-state index < -0.39 is 0 Å². The van der Waals surface area contributed by atoms with E-state index in [2.05, 4.69) is 5.16 Å². The maximum Gasteiger partial charge on any atom is 0.257 e. The van der Waals surface area contributed by atoms with Crippen LogP contribution in [-0.4, -0.2) is 49.7 Å². The molecule has 0 radical (unpaired) electrons. The van der Waals surface area contributed by atoms with E-state index in [9.17, 15) is 4.79 Å². The highest BCUT2D eigenvalue weighted by Crippen LogP contribution is 2.25. The van der Waals surface area contributed by atoms with Crippen LogP contribution in [0.25, 0.3) is 0 Å². The Morgan fingerprint density at radius 3 is 2.65 bits per heavy atom. The standard InChI is InChI=1S/C13H19N3O4/c1-16(7-6-12(14)15-18)13(17)10-8-9(19-2)4-5-11(10)20-3/h4-5,8,18H,6-7H2,1-3H3,(H2,14,15). The molecule has 0 unspecified atom stereocenters. The molecule has 0 saturated carbocycles. The van der Waals surface area contributed by atoms with Gasteiger partial charge in [0.2, 0.25) is 0 Å². The molecule has 0 atom stereocenters. The molecule has 0 spiro atoms. The molecule has 0 aromatic heterocycles. The first-order valence-electron chi connectivity index (χ1n) is 5.97. The van der Waals surface area contributed by atoms with Crippen LogP contribution in [0, 0.1) is 0 Å². The molecule has 0 fully saturated rings. The molecular weight excluding hydrogens is 262 g/mol. The van der Waals surface area contributed by atoms with Gasteiger partial charge in [0.15, 0.2) is 0 Å². The number of nitrogens with zero attached hydrogens (tertiary/aromatic N) is 2. The van der Waals surface area contributed by atoms with Crippen LogP contribution < -0.4 is 15.2 Å². The van der Waals surface area contributed by atoms with Gasteiger partial charge in [0, 0.05) is 20.0 Å². The zero-order valence-corrected chi connectivity index (χ0v) is 11.8. The number of ether oxygens (including phenoxy) is 2. The average Bonchev–Trinajstić information content (AvgIpc) is 2.50. The number of hydrogen-bond donors (Lipinski definition) is 2. The van der Waals surface area contributed by atoms with Crippen LogP contribution >= 0.6 is 0 Å². The smallest absolute Gasteiger partial charge is 0.257 e. The molecule has 0 saturated heterocycles. The third kappa shape index (κ3) is 3.78. The van der Waals surface area contributed by atoms with Crippen molar-refractivity contribution in [1.82, 2.24) is 4.90 Å². The van der Waals surface area contributed by atoms with Crippen molar-refractivity contribution in [3.63, 3.8) is 0 Å². The van der Waals surface area contributed by atoms with Gasteiger partial charge in [-0.05, 0) is 18.2 Å². The van der Waals surface area contributed by atoms with Crippen molar-refractivity contribution in [3.8, 4) is 11.5 Å². The number of methoxy groups -OCH3 is 2. The Morgan fingerprint density at radius 1 is 1.40 bits per heavy atom. The van der Waals surface area contributed by atoms with E-state index in [4.69, 9.17) is 20.4 Å². The van der Waals surface area contributed by atoms with Gasteiger partial charge >= 0.3 is 0 Å². The van der Waals surface area contributed by atoms with Crippen molar-refractivity contribution >= 4 is 11.7 Å². The Balaban J connectivity index is 2.89. The van der Waals surface area contributed by atoms with Gasteiger partial charge < -0.3 is 25.3 Å². The van der Waals surface area contributed by atoms with Crippen molar-refractivity contribution in [1.29, 1.82) is 0 Å². The predicted octanol–water partition coefficient (Wildman–Crippen LogP) is 0.912. The number of rotatable bonds is 6. The van der Waals surface area contributed by atoms with Crippen LogP contribution in [0.1, 0.15) is 16.8 Å². The van der Waals surface area contributed by atoms with Gasteiger partial charge in [0.1, 0.15) is 17.3 Å². The first-order valence-corrected chi connectivity index (χ1v) is 5.97. The lowest BCUT2D eigenvalue weighted by Crippen LogP contribution is -2.30. The average molecular weight is 281 g/mol. The van der Waals surface area contributed by atoms with Crippen LogP contribution in [0.2, 0.25) is 0 Å². The van der Waals surface area contributed by atoms with Crippen molar-refractivity contribution in [2.75, 3.05) is 27.8 Å². The van der Waals surface area contributed by atoms with Gasteiger partial charge in [-0.1, -0.05) is 5.16 Å². The lowest BCUT2D eigenvalue weighted by molar-refractivity contribution is 0.0794. The quantitative estimate of drug-likeness (QED) is 0.349. The number of carbonyl (C=O) groups is 1. The Bertz CT molecular complexity index is 502. The Hall–Kier alpha value is -2.44. The molecule has 1 aromatic carbocycles. The highest BCUT2D eigenvalue weighted by atomic mass is 16.5. The normalized spacial score (nSPS) is 11.1. The van der Waals surface area contributed by atoms with E-state index in [-0.39, 0.29) is 18.2 Å². The zero-order valence-electron chi connectivity index (χ0n) is 11.8. The third-order valence-electron chi connectivity index (χ3n) is 2.82. The van der Waals surface area contributed by atoms with E-state index in [1.807, 2.05) is 0 Å². The molecule has 7 nitrogen and oxygen atoms in total. The number of amides is 1. The molecule has 0 aliphatic rings. The van der Waals surface area contributed by atoms with Crippen molar-refractivity contribution in [2.24, 2.45) is 10.9 Å². The maximum absolute atomic E-state index is 12.3. The van der Waals surface area contributed by atoms with Gasteiger partial charge in [-0.25, -0.2) is 0 Å². The zero-order chi connectivity index (χ0) is 15.1. The van der Waals surface area contributed by atoms with Gasteiger partial charge in [0.25, 0.3) is 5.91 Å². The number of amidine groups is 1. The topological polar surface area (TPSA) is 97.4 Å². The summed E-state index contributed by atoms with van der Waals surface area (Å²) in [7, 11) is 4.65. The molecule has 1 rings (SSSR count). The van der Waals surface area contributed by atoms with Crippen LogP contribution in [0.15, 0.2) is 23.4 Å². The lowest BCUT2D eigenvalue weighted by atomic mass is 10.1. The van der Waals surface area contributed by atoms with E-state index in [1.165, 1.54) is 19.1 Å². The van der Waals surface area contributed by atoms with Crippen LogP contribution in [-0.2, 0) is 0 Å². The Labute approximate surface area is 117 Å². The number of hydrogen-bond acceptors (Lipinski definition) is 5. The molecular formula is C13H19N3O4. The van der Waals surface area contributed by atoms with Gasteiger partial charge in [-0.15, -0.1) is 0 Å². The molecule has 1 aromatic rings. The summed E-state index contributed by atoms with van der Waals surface area (Å²) < 4.78 is 10.3. The van der Waals surface area contributed by atoms with E-state index >= 15 is 0 Å². The summed E-state index contributed by atoms with van der Waals surface area (Å²) in [6.45, 7) is 0.328. The second-order valence-corrected chi connectivity index (χ2v) is 4.13. The first-order chi connectivity index (χ1) is 9.53. The molecule has 0 heterocycles. The highest BCUT2D eigenvalue weighted by molar-refractivity contribution is 5.97. The molecule has 1 amide bonds. The fourth-order valence-corrected chi connectivity index (χ4v) is 1.62. The Kier molecular flexibility index (Phi) is 5.64. The van der Waals surface area contributed by atoms with Crippen molar-refractivity contribution in [3.05, 3.63) is 23.8 Å². The molecule has 0 bridgehead atoms. The summed E-state index contributed by atoms with van der Waals surface area (Å²) in [5.41, 5.74) is 5.78.